The molecule has 3 aromatic carbocycles. The number of carbonyl (C=O) groups is 2. The number of nitrogens with zero attached hydrogens (tertiary/aromatic N) is 1. The number of aryl methyl sites for hydroxylation is 1. The second-order valence-electron chi connectivity index (χ2n) is 8.98. The lowest BCUT2D eigenvalue weighted by Crippen LogP contribution is -2.29. The van der Waals surface area contributed by atoms with Gasteiger partial charge in [0.05, 0.1) is 24.8 Å². The Kier molecular flexibility index (Phi) is 7.10. The van der Waals surface area contributed by atoms with Gasteiger partial charge in [0.15, 0.2) is 0 Å². The number of hydrogen-bond acceptors (Lipinski definition) is 5. The number of aliphatic hydroxyl groups is 1. The van der Waals surface area contributed by atoms with Crippen molar-refractivity contribution in [3.05, 3.63) is 100 Å². The van der Waals surface area contributed by atoms with Gasteiger partial charge in [0.2, 0.25) is 0 Å². The predicted molar refractivity (Wildman–Crippen MR) is 134 cm³/mol. The third-order valence-electron chi connectivity index (χ3n) is 6.00. The van der Waals surface area contributed by atoms with Crippen molar-refractivity contribution in [1.29, 1.82) is 0 Å². The molecule has 0 aromatic heterocycles. The van der Waals surface area contributed by atoms with Crippen molar-refractivity contribution in [2.75, 3.05) is 7.11 Å². The number of halogens is 1. The maximum absolute atomic E-state index is 13.9. The van der Waals surface area contributed by atoms with Crippen molar-refractivity contribution < 1.29 is 28.6 Å². The summed E-state index contributed by atoms with van der Waals surface area (Å²) in [6.07, 6.45) is -0.0782. The molecular formula is C29H28FNO5. The Morgan fingerprint density at radius 3 is 2.44 bits per heavy atom. The SMILES string of the molecule is COc1cccc(CN2C(=O)C(=O)/C(=C(\O)c3ccc(F)c(C)c3)C2c2cccc(OC(C)C)c2)c1. The Balaban J connectivity index is 1.87. The topological polar surface area (TPSA) is 76.1 Å². The van der Waals surface area contributed by atoms with Crippen LogP contribution in [0.2, 0.25) is 0 Å². The van der Waals surface area contributed by atoms with Gasteiger partial charge >= 0.3 is 0 Å². The minimum atomic E-state index is -0.878. The van der Waals surface area contributed by atoms with Gasteiger partial charge in [-0.3, -0.25) is 9.59 Å². The van der Waals surface area contributed by atoms with Crippen molar-refractivity contribution in [2.24, 2.45) is 0 Å². The third kappa shape index (κ3) is 4.96. The molecule has 1 amide bonds. The zero-order valence-electron chi connectivity index (χ0n) is 20.6. The van der Waals surface area contributed by atoms with Crippen LogP contribution in [0.1, 0.15) is 42.1 Å². The molecule has 186 valence electrons. The number of ether oxygens (including phenoxy) is 2. The first-order valence-electron chi connectivity index (χ1n) is 11.6. The van der Waals surface area contributed by atoms with Crippen LogP contribution in [0.5, 0.6) is 11.5 Å². The number of hydrogen-bond donors (Lipinski definition) is 1. The quantitative estimate of drug-likeness (QED) is 0.267. The molecule has 0 bridgehead atoms. The molecule has 3 aromatic rings. The Morgan fingerprint density at radius 1 is 1.03 bits per heavy atom. The summed E-state index contributed by atoms with van der Waals surface area (Å²) in [6, 6.07) is 17.5. The van der Waals surface area contributed by atoms with E-state index < -0.39 is 23.5 Å². The van der Waals surface area contributed by atoms with Crippen LogP contribution in [0.3, 0.4) is 0 Å². The maximum atomic E-state index is 13.9. The molecule has 0 saturated carbocycles. The van der Waals surface area contributed by atoms with Gasteiger partial charge in [-0.05, 0) is 79.9 Å². The highest BCUT2D eigenvalue weighted by atomic mass is 19.1. The maximum Gasteiger partial charge on any atom is 0.295 e. The van der Waals surface area contributed by atoms with Gasteiger partial charge in [-0.15, -0.1) is 0 Å². The van der Waals surface area contributed by atoms with Crippen LogP contribution >= 0.6 is 0 Å². The molecule has 7 heteroatoms. The van der Waals surface area contributed by atoms with E-state index in [1.54, 1.807) is 56.5 Å². The predicted octanol–water partition coefficient (Wildman–Crippen LogP) is 5.55. The summed E-state index contributed by atoms with van der Waals surface area (Å²) in [7, 11) is 1.55. The van der Waals surface area contributed by atoms with Gasteiger partial charge in [0.1, 0.15) is 23.1 Å². The van der Waals surface area contributed by atoms with E-state index in [0.29, 0.717) is 22.6 Å². The van der Waals surface area contributed by atoms with Crippen LogP contribution in [0.25, 0.3) is 5.76 Å². The molecular weight excluding hydrogens is 461 g/mol. The van der Waals surface area contributed by atoms with Crippen LogP contribution < -0.4 is 9.47 Å². The molecule has 1 N–H and O–H groups in total. The number of rotatable bonds is 7. The minimum Gasteiger partial charge on any atom is -0.507 e. The molecule has 1 saturated heterocycles. The fourth-order valence-corrected chi connectivity index (χ4v) is 4.33. The highest BCUT2D eigenvalue weighted by molar-refractivity contribution is 6.46. The first kappa shape index (κ1) is 25.0. The van der Waals surface area contributed by atoms with Gasteiger partial charge in [-0.1, -0.05) is 24.3 Å². The lowest BCUT2D eigenvalue weighted by atomic mass is 9.94. The molecule has 4 rings (SSSR count). The minimum absolute atomic E-state index is 0.0596. The van der Waals surface area contributed by atoms with E-state index in [2.05, 4.69) is 0 Å². The van der Waals surface area contributed by atoms with Crippen LogP contribution in [-0.4, -0.2) is 34.9 Å². The molecule has 1 aliphatic rings. The summed E-state index contributed by atoms with van der Waals surface area (Å²) in [5.74, 6) is -1.14. The Hall–Kier alpha value is -4.13. The fourth-order valence-electron chi connectivity index (χ4n) is 4.33. The summed E-state index contributed by atoms with van der Waals surface area (Å²) in [5, 5.41) is 11.2. The fraction of sp³-hybridized carbons (Fsp3) is 0.241. The van der Waals surface area contributed by atoms with Crippen LogP contribution in [0, 0.1) is 12.7 Å². The molecule has 6 nitrogen and oxygen atoms in total. The molecule has 1 unspecified atom stereocenters. The molecule has 36 heavy (non-hydrogen) atoms. The van der Waals surface area contributed by atoms with E-state index in [9.17, 15) is 19.1 Å². The van der Waals surface area contributed by atoms with Crippen molar-refractivity contribution >= 4 is 17.4 Å². The van der Waals surface area contributed by atoms with Crippen LogP contribution in [0.4, 0.5) is 4.39 Å². The van der Waals surface area contributed by atoms with Crippen molar-refractivity contribution in [2.45, 2.75) is 39.5 Å². The van der Waals surface area contributed by atoms with Crippen molar-refractivity contribution in [1.82, 2.24) is 4.90 Å². The van der Waals surface area contributed by atoms with E-state index in [4.69, 9.17) is 9.47 Å². The molecule has 1 fully saturated rings. The number of aliphatic hydroxyl groups excluding tert-OH is 1. The van der Waals surface area contributed by atoms with E-state index >= 15 is 0 Å². The zero-order valence-corrected chi connectivity index (χ0v) is 20.6. The standard InChI is InChI=1S/C29H28FNO5/c1-17(2)36-23-10-6-8-20(15-23)26-25(27(32)21-11-12-24(30)18(3)13-21)28(33)29(34)31(26)16-19-7-5-9-22(14-19)35-4/h5-15,17,26,32H,16H2,1-4H3/b27-25-. The highest BCUT2D eigenvalue weighted by Gasteiger charge is 2.46. The first-order chi connectivity index (χ1) is 17.2. The second-order valence-corrected chi connectivity index (χ2v) is 8.98. The largest absolute Gasteiger partial charge is 0.507 e. The average Bonchev–Trinajstić information content (AvgIpc) is 3.10. The Labute approximate surface area is 209 Å². The smallest absolute Gasteiger partial charge is 0.295 e. The summed E-state index contributed by atoms with van der Waals surface area (Å²) in [5.41, 5.74) is 1.88. The lowest BCUT2D eigenvalue weighted by Gasteiger charge is -2.26. The number of carbonyl (C=O) groups excluding carboxylic acids is 2. The Morgan fingerprint density at radius 2 is 1.75 bits per heavy atom. The van der Waals surface area contributed by atoms with E-state index in [-0.39, 0.29) is 29.5 Å². The number of likely N-dealkylation sites (tertiary alicyclic amines) is 1. The van der Waals surface area contributed by atoms with Crippen molar-refractivity contribution in [3.8, 4) is 11.5 Å². The van der Waals surface area contributed by atoms with Gasteiger partial charge in [-0.2, -0.15) is 0 Å². The van der Waals surface area contributed by atoms with Crippen LogP contribution in [0.15, 0.2) is 72.3 Å². The van der Waals surface area contributed by atoms with E-state index in [1.165, 1.54) is 23.1 Å². The summed E-state index contributed by atoms with van der Waals surface area (Å²) in [6.45, 7) is 5.48. The Bertz CT molecular complexity index is 1350. The van der Waals surface area contributed by atoms with Gasteiger partial charge in [-0.25, -0.2) is 4.39 Å². The zero-order chi connectivity index (χ0) is 26.0. The number of benzene rings is 3. The molecule has 1 heterocycles. The van der Waals surface area contributed by atoms with Gasteiger partial charge in [0.25, 0.3) is 11.7 Å². The lowest BCUT2D eigenvalue weighted by molar-refractivity contribution is -0.140. The summed E-state index contributed by atoms with van der Waals surface area (Å²) in [4.78, 5) is 28.0. The normalized spacial score (nSPS) is 17.1. The van der Waals surface area contributed by atoms with Crippen LogP contribution in [-0.2, 0) is 16.1 Å². The molecule has 0 radical (unpaired) electrons. The molecule has 0 spiro atoms. The van der Waals surface area contributed by atoms with Gasteiger partial charge in [0, 0.05) is 12.1 Å². The number of Topliss-reactive ketones (excluding diaryl/α,β-unsaturated/α-hetero) is 1. The summed E-state index contributed by atoms with van der Waals surface area (Å²) >= 11 is 0. The van der Waals surface area contributed by atoms with E-state index in [1.807, 2.05) is 19.9 Å². The molecule has 1 aliphatic heterocycles. The first-order valence-corrected chi connectivity index (χ1v) is 11.6. The number of ketones is 1. The third-order valence-corrected chi connectivity index (χ3v) is 6.00. The van der Waals surface area contributed by atoms with E-state index in [0.717, 1.165) is 5.56 Å². The highest BCUT2D eigenvalue weighted by Crippen LogP contribution is 2.41. The molecule has 1 atom stereocenters. The second kappa shape index (κ2) is 10.2. The summed E-state index contributed by atoms with van der Waals surface area (Å²) < 4.78 is 25.0. The van der Waals surface area contributed by atoms with Gasteiger partial charge < -0.3 is 19.5 Å². The monoisotopic (exact) mass is 489 g/mol. The number of amides is 1. The van der Waals surface area contributed by atoms with Crippen molar-refractivity contribution in [3.63, 3.8) is 0 Å². The number of methoxy groups -OCH3 is 1. The molecule has 0 aliphatic carbocycles. The average molecular weight is 490 g/mol.